The van der Waals surface area contributed by atoms with E-state index in [1.807, 2.05) is 75.4 Å². The van der Waals surface area contributed by atoms with Crippen molar-refractivity contribution in [2.75, 3.05) is 6.61 Å². The normalized spacial score (nSPS) is 11.6. The molecule has 0 saturated heterocycles. The highest BCUT2D eigenvalue weighted by atomic mass is 79.9. The Hall–Kier alpha value is -2.83. The molecule has 0 saturated carbocycles. The van der Waals surface area contributed by atoms with Crippen LogP contribution in [0.1, 0.15) is 59.8 Å². The first-order chi connectivity index (χ1) is 16.8. The molecule has 0 aliphatic carbocycles. The van der Waals surface area contributed by atoms with Crippen LogP contribution in [-0.2, 0) is 11.3 Å². The molecule has 0 bridgehead atoms. The average Bonchev–Trinajstić information content (AvgIpc) is 2.83. The first-order valence-electron chi connectivity index (χ1n) is 11.6. The van der Waals surface area contributed by atoms with Gasteiger partial charge in [0.1, 0.15) is 0 Å². The predicted octanol–water partition coefficient (Wildman–Crippen LogP) is 7.60. The van der Waals surface area contributed by atoms with Crippen molar-refractivity contribution in [2.45, 2.75) is 46.2 Å². The van der Waals surface area contributed by atoms with Gasteiger partial charge in [0.05, 0.1) is 12.6 Å². The molecule has 0 heterocycles. The highest BCUT2D eigenvalue weighted by molar-refractivity contribution is 9.10. The number of alkyl carbamates (subject to hydrolysis) is 1. The number of carbonyl (C=O) groups is 2. The number of hydrogen-bond donors (Lipinski definition) is 2. The lowest BCUT2D eigenvalue weighted by Crippen LogP contribution is -2.28. The van der Waals surface area contributed by atoms with Crippen LogP contribution in [-0.4, -0.2) is 18.6 Å². The van der Waals surface area contributed by atoms with Crippen LogP contribution in [0.15, 0.2) is 65.1 Å². The van der Waals surface area contributed by atoms with Crippen LogP contribution < -0.4 is 10.6 Å². The molecule has 0 radical (unpaired) electrons. The minimum atomic E-state index is -0.455. The van der Waals surface area contributed by atoms with Crippen molar-refractivity contribution in [3.63, 3.8) is 0 Å². The largest absolute Gasteiger partial charge is 0.450 e. The quantitative estimate of drug-likeness (QED) is 0.266. The molecule has 3 rings (SSSR count). The summed E-state index contributed by atoms with van der Waals surface area (Å²) < 4.78 is 6.04. The predicted molar refractivity (Wildman–Crippen MR) is 145 cm³/mol. The second kappa shape index (κ2) is 12.8. The summed E-state index contributed by atoms with van der Waals surface area (Å²) in [4.78, 5) is 25.0. The number of rotatable bonds is 9. The standard InChI is InChI=1S/C28H30BrClN2O3/c1-4-5-11-35-28(34)31-17-20-10-9-18(2)26(12-20)27(33)32-19(3)22-13-23(15-24(29)14-22)21-7-6-8-25(30)16-21/h6-10,12-16,19H,4-5,11,17H2,1-3H3,(H,31,34)(H,32,33). The monoisotopic (exact) mass is 556 g/mol. The summed E-state index contributed by atoms with van der Waals surface area (Å²) in [6.45, 7) is 6.57. The Morgan fingerprint density at radius 2 is 1.86 bits per heavy atom. The lowest BCUT2D eigenvalue weighted by Gasteiger charge is -2.18. The number of ether oxygens (including phenoxy) is 1. The Kier molecular flexibility index (Phi) is 9.75. The van der Waals surface area contributed by atoms with E-state index in [0.29, 0.717) is 17.2 Å². The summed E-state index contributed by atoms with van der Waals surface area (Å²) in [5.41, 5.74) is 5.23. The van der Waals surface area contributed by atoms with Gasteiger partial charge < -0.3 is 15.4 Å². The van der Waals surface area contributed by atoms with E-state index in [4.69, 9.17) is 16.3 Å². The number of amides is 2. The summed E-state index contributed by atoms with van der Waals surface area (Å²) in [7, 11) is 0. The zero-order valence-electron chi connectivity index (χ0n) is 20.2. The van der Waals surface area contributed by atoms with Crippen LogP contribution in [0.2, 0.25) is 5.02 Å². The van der Waals surface area contributed by atoms with E-state index in [9.17, 15) is 9.59 Å². The molecule has 5 nitrogen and oxygen atoms in total. The summed E-state index contributed by atoms with van der Waals surface area (Å²) in [5.74, 6) is -0.174. The van der Waals surface area contributed by atoms with Crippen LogP contribution in [0, 0.1) is 6.92 Å². The molecule has 3 aromatic rings. The van der Waals surface area contributed by atoms with Crippen molar-refractivity contribution in [3.8, 4) is 11.1 Å². The van der Waals surface area contributed by atoms with Crippen molar-refractivity contribution >= 4 is 39.5 Å². The van der Waals surface area contributed by atoms with E-state index in [1.165, 1.54) is 0 Å². The van der Waals surface area contributed by atoms with Gasteiger partial charge in [-0.25, -0.2) is 4.79 Å². The van der Waals surface area contributed by atoms with Gasteiger partial charge in [-0.05, 0) is 84.5 Å². The molecule has 0 fully saturated rings. The minimum absolute atomic E-state index is 0.174. The lowest BCUT2D eigenvalue weighted by atomic mass is 9.99. The summed E-state index contributed by atoms with van der Waals surface area (Å²) in [6, 6.07) is 19.1. The number of unbranched alkanes of at least 4 members (excludes halogenated alkanes) is 1. The maximum absolute atomic E-state index is 13.1. The van der Waals surface area contributed by atoms with E-state index in [1.54, 1.807) is 0 Å². The van der Waals surface area contributed by atoms with Crippen molar-refractivity contribution in [2.24, 2.45) is 0 Å². The SMILES string of the molecule is CCCCOC(=O)NCc1ccc(C)c(C(=O)NC(C)c2cc(Br)cc(-c3cccc(Cl)c3)c2)c1. The van der Waals surface area contributed by atoms with Crippen LogP contribution in [0.3, 0.4) is 0 Å². The highest BCUT2D eigenvalue weighted by Crippen LogP contribution is 2.29. The molecule has 0 aromatic heterocycles. The van der Waals surface area contributed by atoms with Crippen LogP contribution in [0.25, 0.3) is 11.1 Å². The van der Waals surface area contributed by atoms with Gasteiger partial charge in [0.2, 0.25) is 0 Å². The fourth-order valence-electron chi connectivity index (χ4n) is 3.61. The Balaban J connectivity index is 1.70. The van der Waals surface area contributed by atoms with Crippen molar-refractivity contribution in [3.05, 3.63) is 92.4 Å². The van der Waals surface area contributed by atoms with Gasteiger partial charge in [-0.2, -0.15) is 0 Å². The second-order valence-corrected chi connectivity index (χ2v) is 9.82. The number of hydrogen-bond acceptors (Lipinski definition) is 3. The number of aryl methyl sites for hydroxylation is 1. The molecule has 7 heteroatoms. The maximum atomic E-state index is 13.1. The molecule has 0 aliphatic heterocycles. The molecule has 0 aliphatic rings. The smallest absolute Gasteiger partial charge is 0.407 e. The molecule has 35 heavy (non-hydrogen) atoms. The number of benzene rings is 3. The third-order valence-corrected chi connectivity index (χ3v) is 6.33. The Labute approximate surface area is 220 Å². The Morgan fingerprint density at radius 1 is 1.06 bits per heavy atom. The Morgan fingerprint density at radius 3 is 2.60 bits per heavy atom. The van der Waals surface area contributed by atoms with Gasteiger partial charge in [-0.15, -0.1) is 0 Å². The van der Waals surface area contributed by atoms with E-state index in [2.05, 4.69) is 32.6 Å². The first kappa shape index (κ1) is 26.8. The van der Waals surface area contributed by atoms with E-state index >= 15 is 0 Å². The topological polar surface area (TPSA) is 67.4 Å². The molecule has 2 N–H and O–H groups in total. The van der Waals surface area contributed by atoms with Gasteiger partial charge in [-0.1, -0.05) is 65.1 Å². The molecular formula is C28H30BrClN2O3. The molecule has 1 atom stereocenters. The van der Waals surface area contributed by atoms with Gasteiger partial charge >= 0.3 is 6.09 Å². The lowest BCUT2D eigenvalue weighted by molar-refractivity contribution is 0.0939. The maximum Gasteiger partial charge on any atom is 0.407 e. The summed E-state index contributed by atoms with van der Waals surface area (Å²) >= 11 is 9.76. The number of carbonyl (C=O) groups excluding carboxylic acids is 2. The third-order valence-electron chi connectivity index (χ3n) is 5.64. The van der Waals surface area contributed by atoms with Crippen molar-refractivity contribution in [1.82, 2.24) is 10.6 Å². The average molecular weight is 558 g/mol. The van der Waals surface area contributed by atoms with Gasteiger partial charge in [0, 0.05) is 21.6 Å². The third kappa shape index (κ3) is 7.84. The van der Waals surface area contributed by atoms with Gasteiger partial charge in [0.25, 0.3) is 5.91 Å². The second-order valence-electron chi connectivity index (χ2n) is 8.47. The van der Waals surface area contributed by atoms with Crippen LogP contribution >= 0.6 is 27.5 Å². The van der Waals surface area contributed by atoms with E-state index < -0.39 is 6.09 Å². The minimum Gasteiger partial charge on any atom is -0.450 e. The zero-order chi connectivity index (χ0) is 25.4. The van der Waals surface area contributed by atoms with E-state index in [0.717, 1.165) is 45.1 Å². The number of nitrogens with one attached hydrogen (secondary N) is 2. The Bertz CT molecular complexity index is 1200. The fourth-order valence-corrected chi connectivity index (χ4v) is 4.31. The van der Waals surface area contributed by atoms with Gasteiger partial charge in [-0.3, -0.25) is 4.79 Å². The van der Waals surface area contributed by atoms with Gasteiger partial charge in [0.15, 0.2) is 0 Å². The summed E-state index contributed by atoms with van der Waals surface area (Å²) in [5, 5.41) is 6.50. The number of halogens is 2. The molecular weight excluding hydrogens is 528 g/mol. The van der Waals surface area contributed by atoms with E-state index in [-0.39, 0.29) is 18.5 Å². The van der Waals surface area contributed by atoms with Crippen LogP contribution in [0.5, 0.6) is 0 Å². The molecule has 2 amide bonds. The van der Waals surface area contributed by atoms with Crippen LogP contribution in [0.4, 0.5) is 4.79 Å². The fraction of sp³-hybridized carbons (Fsp3) is 0.286. The zero-order valence-corrected chi connectivity index (χ0v) is 22.5. The molecule has 0 spiro atoms. The molecule has 3 aromatic carbocycles. The first-order valence-corrected chi connectivity index (χ1v) is 12.8. The van der Waals surface area contributed by atoms with Crippen molar-refractivity contribution in [1.29, 1.82) is 0 Å². The molecule has 184 valence electrons. The summed E-state index contributed by atoms with van der Waals surface area (Å²) in [6.07, 6.45) is 1.34. The highest BCUT2D eigenvalue weighted by Gasteiger charge is 2.16. The van der Waals surface area contributed by atoms with Crippen molar-refractivity contribution < 1.29 is 14.3 Å². The molecule has 1 unspecified atom stereocenters.